The average molecular weight is 356 g/mol. The first-order valence-electron chi connectivity index (χ1n) is 6.64. The molecule has 0 unspecified atom stereocenters. The Morgan fingerprint density at radius 1 is 1.17 bits per heavy atom. The molecule has 0 atom stereocenters. The zero-order valence-corrected chi connectivity index (χ0v) is 13.1. The van der Waals surface area contributed by atoms with E-state index in [9.17, 15) is 21.6 Å². The number of hydrogen-bond acceptors (Lipinski definition) is 4. The van der Waals surface area contributed by atoms with Crippen molar-refractivity contribution < 1.29 is 21.6 Å². The average Bonchev–Trinajstić information content (AvgIpc) is 2.93. The number of imidazole rings is 1. The highest BCUT2D eigenvalue weighted by atomic mass is 32.2. The maximum Gasteiger partial charge on any atom is 0.416 e. The third-order valence-corrected chi connectivity index (χ3v) is 4.66. The number of hydrogen-bond donors (Lipinski definition) is 1. The number of aryl methyl sites for hydroxylation is 1. The molecule has 0 saturated carbocycles. The molecule has 3 rings (SSSR count). The van der Waals surface area contributed by atoms with Crippen LogP contribution < -0.4 is 4.72 Å². The molecule has 0 bridgehead atoms. The van der Waals surface area contributed by atoms with Crippen molar-refractivity contribution in [3.05, 3.63) is 48.4 Å². The largest absolute Gasteiger partial charge is 0.416 e. The van der Waals surface area contributed by atoms with Gasteiger partial charge < -0.3 is 4.57 Å². The highest BCUT2D eigenvalue weighted by molar-refractivity contribution is 7.92. The molecule has 2 aromatic heterocycles. The molecule has 1 aromatic carbocycles. The van der Waals surface area contributed by atoms with Crippen LogP contribution in [0.25, 0.3) is 10.9 Å². The Bertz CT molecular complexity index is 1010. The molecule has 0 aliphatic heterocycles. The highest BCUT2D eigenvalue weighted by Crippen LogP contribution is 2.35. The predicted octanol–water partition coefficient (Wildman–Crippen LogP) is 2.79. The summed E-state index contributed by atoms with van der Waals surface area (Å²) in [5.74, 6) is 0. The second-order valence-electron chi connectivity index (χ2n) is 5.02. The van der Waals surface area contributed by atoms with Crippen molar-refractivity contribution in [3.63, 3.8) is 0 Å². The van der Waals surface area contributed by atoms with E-state index in [0.29, 0.717) is 0 Å². The van der Waals surface area contributed by atoms with E-state index in [-0.39, 0.29) is 21.7 Å². The molecule has 3 aromatic rings. The van der Waals surface area contributed by atoms with Gasteiger partial charge in [-0.1, -0.05) is 6.07 Å². The van der Waals surface area contributed by atoms with Gasteiger partial charge in [0.05, 0.1) is 16.8 Å². The highest BCUT2D eigenvalue weighted by Gasteiger charge is 2.32. The first kappa shape index (κ1) is 16.2. The summed E-state index contributed by atoms with van der Waals surface area (Å²) < 4.78 is 67.3. The summed E-state index contributed by atoms with van der Waals surface area (Å²) in [5, 5.41) is -0.145. The molecule has 0 aliphatic rings. The maximum absolute atomic E-state index is 13.1. The van der Waals surface area contributed by atoms with E-state index in [1.165, 1.54) is 42.3 Å². The Labute approximate surface area is 135 Å². The Morgan fingerprint density at radius 2 is 1.92 bits per heavy atom. The van der Waals surface area contributed by atoms with E-state index < -0.39 is 21.8 Å². The lowest BCUT2D eigenvalue weighted by atomic mass is 10.1. The van der Waals surface area contributed by atoms with Crippen molar-refractivity contribution in [1.82, 2.24) is 14.5 Å². The molecular formula is C14H11F3N4O2S. The zero-order chi connectivity index (χ0) is 17.5. The lowest BCUT2D eigenvalue weighted by molar-refractivity contribution is -0.137. The summed E-state index contributed by atoms with van der Waals surface area (Å²) in [4.78, 5) is 7.68. The van der Waals surface area contributed by atoms with Gasteiger partial charge in [-0.2, -0.15) is 21.6 Å². The van der Waals surface area contributed by atoms with Gasteiger partial charge in [-0.25, -0.2) is 4.98 Å². The minimum Gasteiger partial charge on any atom is -0.323 e. The van der Waals surface area contributed by atoms with Gasteiger partial charge in [-0.15, -0.1) is 0 Å². The molecule has 0 spiro atoms. The van der Waals surface area contributed by atoms with Crippen LogP contribution in [0.5, 0.6) is 0 Å². The lowest BCUT2D eigenvalue weighted by Crippen LogP contribution is -2.18. The van der Waals surface area contributed by atoms with E-state index in [1.807, 2.05) is 0 Å². The van der Waals surface area contributed by atoms with Crippen LogP contribution in [0.2, 0.25) is 0 Å². The van der Waals surface area contributed by atoms with Crippen molar-refractivity contribution in [2.75, 3.05) is 4.72 Å². The van der Waals surface area contributed by atoms with Crippen LogP contribution in [0, 0.1) is 0 Å². The molecule has 0 fully saturated rings. The molecule has 2 heterocycles. The fourth-order valence-corrected chi connectivity index (χ4v) is 3.41. The smallest absolute Gasteiger partial charge is 0.323 e. The predicted molar refractivity (Wildman–Crippen MR) is 80.8 cm³/mol. The van der Waals surface area contributed by atoms with E-state index in [1.54, 1.807) is 0 Å². The fraction of sp³-hybridized carbons (Fsp3) is 0.143. The normalized spacial score (nSPS) is 12.5. The van der Waals surface area contributed by atoms with Crippen molar-refractivity contribution in [3.8, 4) is 0 Å². The van der Waals surface area contributed by atoms with Crippen molar-refractivity contribution in [2.24, 2.45) is 7.05 Å². The van der Waals surface area contributed by atoms with Crippen LogP contribution >= 0.6 is 0 Å². The quantitative estimate of drug-likeness (QED) is 0.783. The van der Waals surface area contributed by atoms with Crippen LogP contribution in [0.3, 0.4) is 0 Å². The minimum atomic E-state index is -4.62. The van der Waals surface area contributed by atoms with Gasteiger partial charge in [-0.3, -0.25) is 9.71 Å². The number of halogens is 3. The summed E-state index contributed by atoms with van der Waals surface area (Å²) in [6.07, 6.45) is -0.560. The molecule has 0 aliphatic carbocycles. The summed E-state index contributed by atoms with van der Waals surface area (Å²) in [6, 6.07) is 4.53. The number of aromatic nitrogens is 3. The summed E-state index contributed by atoms with van der Waals surface area (Å²) in [7, 11) is -2.70. The molecule has 24 heavy (non-hydrogen) atoms. The SMILES string of the molecule is Cn1ccnc1S(=O)(=O)Nc1cc(C(F)(F)F)cc2cccnc12. The number of nitrogens with zero attached hydrogens (tertiary/aromatic N) is 3. The molecule has 1 N–H and O–H groups in total. The maximum atomic E-state index is 13.1. The van der Waals surface area contributed by atoms with Crippen molar-refractivity contribution in [1.29, 1.82) is 0 Å². The number of nitrogens with one attached hydrogen (secondary N) is 1. The third-order valence-electron chi connectivity index (χ3n) is 3.29. The van der Waals surface area contributed by atoms with Crippen molar-refractivity contribution in [2.45, 2.75) is 11.3 Å². The third kappa shape index (κ3) is 2.92. The van der Waals surface area contributed by atoms with E-state index in [0.717, 1.165) is 12.1 Å². The van der Waals surface area contributed by atoms with Crippen LogP contribution in [0.15, 0.2) is 48.0 Å². The Hall–Kier alpha value is -2.62. The Balaban J connectivity index is 2.17. The zero-order valence-electron chi connectivity index (χ0n) is 12.2. The van der Waals surface area contributed by atoms with Gasteiger partial charge in [0.15, 0.2) is 0 Å². The summed E-state index contributed by atoms with van der Waals surface area (Å²) in [6.45, 7) is 0. The molecular weight excluding hydrogens is 345 g/mol. The van der Waals surface area contributed by atoms with E-state index in [2.05, 4.69) is 14.7 Å². The lowest BCUT2D eigenvalue weighted by Gasteiger charge is -2.13. The summed E-state index contributed by atoms with van der Waals surface area (Å²) in [5.41, 5.74) is -1.12. The number of pyridine rings is 1. The number of sulfonamides is 1. The van der Waals surface area contributed by atoms with Crippen LogP contribution in [-0.4, -0.2) is 23.0 Å². The first-order valence-corrected chi connectivity index (χ1v) is 8.13. The molecule has 6 nitrogen and oxygen atoms in total. The van der Waals surface area contributed by atoms with Gasteiger partial charge >= 0.3 is 6.18 Å². The molecule has 10 heteroatoms. The van der Waals surface area contributed by atoms with Gasteiger partial charge in [0.1, 0.15) is 0 Å². The number of fused-ring (bicyclic) bond motifs is 1. The molecule has 0 saturated heterocycles. The molecule has 126 valence electrons. The number of benzene rings is 1. The van der Waals surface area contributed by atoms with Crippen LogP contribution in [0.4, 0.5) is 18.9 Å². The summed E-state index contributed by atoms with van der Waals surface area (Å²) >= 11 is 0. The van der Waals surface area contributed by atoms with Gasteiger partial charge in [0.2, 0.25) is 5.16 Å². The second-order valence-corrected chi connectivity index (χ2v) is 6.60. The first-order chi connectivity index (χ1) is 11.2. The van der Waals surface area contributed by atoms with Crippen molar-refractivity contribution >= 4 is 26.6 Å². The van der Waals surface area contributed by atoms with E-state index in [4.69, 9.17) is 0 Å². The van der Waals surface area contributed by atoms with Crippen LogP contribution in [-0.2, 0) is 23.2 Å². The minimum absolute atomic E-state index is 0.114. The van der Waals surface area contributed by atoms with Crippen LogP contribution in [0.1, 0.15) is 5.56 Å². The molecule has 0 amide bonds. The fourth-order valence-electron chi connectivity index (χ4n) is 2.24. The standard InChI is InChI=1S/C14H11F3N4O2S/c1-21-6-5-19-13(21)24(22,23)20-11-8-10(14(15,16)17)7-9-3-2-4-18-12(9)11/h2-8,20H,1H3. The Morgan fingerprint density at radius 3 is 2.54 bits per heavy atom. The second kappa shape index (κ2) is 5.48. The van der Waals surface area contributed by atoms with E-state index >= 15 is 0 Å². The topological polar surface area (TPSA) is 76.9 Å². The molecule has 0 radical (unpaired) electrons. The number of alkyl halides is 3. The van der Waals surface area contributed by atoms with Gasteiger partial charge in [0, 0.05) is 31.0 Å². The van der Waals surface area contributed by atoms with Gasteiger partial charge in [-0.05, 0) is 18.2 Å². The van der Waals surface area contributed by atoms with Gasteiger partial charge in [0.25, 0.3) is 10.0 Å². The monoisotopic (exact) mass is 356 g/mol. The Kier molecular flexibility index (Phi) is 3.71. The number of anilines is 1. The number of rotatable bonds is 3.